The fourth-order valence-corrected chi connectivity index (χ4v) is 3.57. The third-order valence-corrected chi connectivity index (χ3v) is 4.94. The number of nitrogen functional groups attached to an aromatic ring is 1. The molecule has 1 amide bonds. The number of aryl methyl sites for hydroxylation is 1. The summed E-state index contributed by atoms with van der Waals surface area (Å²) < 4.78 is 4.01. The maximum Gasteiger partial charge on any atom is 0.271 e. The Morgan fingerprint density at radius 1 is 1.48 bits per heavy atom. The minimum Gasteiger partial charge on any atom is -0.382 e. The van der Waals surface area contributed by atoms with Gasteiger partial charge in [-0.05, 0) is 13.3 Å². The molecule has 8 nitrogen and oxygen atoms in total. The van der Waals surface area contributed by atoms with Gasteiger partial charge in [0.1, 0.15) is 16.5 Å². The molecular weight excluding hydrogens is 310 g/mol. The van der Waals surface area contributed by atoms with Crippen LogP contribution in [0.5, 0.6) is 0 Å². The summed E-state index contributed by atoms with van der Waals surface area (Å²) in [6.07, 6.45) is 0.922. The van der Waals surface area contributed by atoms with Crippen LogP contribution in [0.15, 0.2) is 0 Å². The number of aromatic nitrogens is 3. The molecule has 1 atom stereocenters. The van der Waals surface area contributed by atoms with Gasteiger partial charge in [-0.2, -0.15) is 4.37 Å². The van der Waals surface area contributed by atoms with Gasteiger partial charge in [-0.3, -0.25) is 10.1 Å². The molecule has 0 spiro atoms. The molecule has 112 valence electrons. The Bertz CT molecular complexity index is 667. The van der Waals surface area contributed by atoms with Crippen LogP contribution in [0.25, 0.3) is 0 Å². The minimum atomic E-state index is -0.309. The summed E-state index contributed by atoms with van der Waals surface area (Å²) >= 11 is 2.41. The standard InChI is InChI=1S/C11H15N7OS2/c1-5-14-10(21-17-5)16-9(19)7-8(13)15-11(20-7)18-3-2-6(12)4-18/h6H,2-4,12-13H2,1H3,(H,14,16,17,19). The van der Waals surface area contributed by atoms with E-state index in [2.05, 4.69) is 24.6 Å². The first-order valence-corrected chi connectivity index (χ1v) is 8.00. The van der Waals surface area contributed by atoms with Crippen molar-refractivity contribution in [3.8, 4) is 0 Å². The highest BCUT2D eigenvalue weighted by molar-refractivity contribution is 7.18. The SMILES string of the molecule is Cc1nsc(NC(=O)c2sc(N3CCC(N)C3)nc2N)n1. The van der Waals surface area contributed by atoms with Gasteiger partial charge in [0, 0.05) is 30.7 Å². The van der Waals surface area contributed by atoms with Crippen molar-refractivity contribution in [1.82, 2.24) is 14.3 Å². The van der Waals surface area contributed by atoms with Gasteiger partial charge in [-0.25, -0.2) is 9.97 Å². The zero-order valence-electron chi connectivity index (χ0n) is 11.4. The predicted octanol–water partition coefficient (Wildman–Crippen LogP) is 0.675. The average molecular weight is 325 g/mol. The van der Waals surface area contributed by atoms with Crippen molar-refractivity contribution in [2.24, 2.45) is 5.73 Å². The lowest BCUT2D eigenvalue weighted by molar-refractivity contribution is 0.103. The molecule has 5 N–H and O–H groups in total. The normalized spacial score (nSPS) is 18.2. The van der Waals surface area contributed by atoms with Gasteiger partial charge >= 0.3 is 0 Å². The second kappa shape index (κ2) is 5.54. The molecule has 3 heterocycles. The van der Waals surface area contributed by atoms with E-state index in [4.69, 9.17) is 11.5 Å². The smallest absolute Gasteiger partial charge is 0.271 e. The topological polar surface area (TPSA) is 123 Å². The summed E-state index contributed by atoms with van der Waals surface area (Å²) in [5.41, 5.74) is 11.7. The van der Waals surface area contributed by atoms with Crippen LogP contribution in [0.4, 0.5) is 16.1 Å². The molecule has 1 fully saturated rings. The van der Waals surface area contributed by atoms with Crippen LogP contribution < -0.4 is 21.7 Å². The van der Waals surface area contributed by atoms with Gasteiger partial charge in [-0.15, -0.1) is 0 Å². The summed E-state index contributed by atoms with van der Waals surface area (Å²) in [4.78, 5) is 23.0. The van der Waals surface area contributed by atoms with Crippen LogP contribution in [0.1, 0.15) is 21.9 Å². The molecule has 21 heavy (non-hydrogen) atoms. The maximum absolute atomic E-state index is 12.2. The van der Waals surface area contributed by atoms with Gasteiger partial charge in [0.15, 0.2) is 5.13 Å². The van der Waals surface area contributed by atoms with Crippen molar-refractivity contribution in [1.29, 1.82) is 0 Å². The molecule has 1 aliphatic heterocycles. The van der Waals surface area contributed by atoms with E-state index in [1.807, 2.05) is 0 Å². The van der Waals surface area contributed by atoms with Crippen molar-refractivity contribution in [2.75, 3.05) is 29.0 Å². The van der Waals surface area contributed by atoms with Gasteiger partial charge < -0.3 is 16.4 Å². The van der Waals surface area contributed by atoms with E-state index in [1.54, 1.807) is 6.92 Å². The second-order valence-electron chi connectivity index (χ2n) is 4.81. The van der Waals surface area contributed by atoms with Crippen molar-refractivity contribution in [2.45, 2.75) is 19.4 Å². The largest absolute Gasteiger partial charge is 0.382 e. The van der Waals surface area contributed by atoms with Crippen LogP contribution in [-0.2, 0) is 0 Å². The lowest BCUT2D eigenvalue weighted by Gasteiger charge is -2.12. The first-order valence-electron chi connectivity index (χ1n) is 6.41. The van der Waals surface area contributed by atoms with Gasteiger partial charge in [-0.1, -0.05) is 11.3 Å². The highest BCUT2D eigenvalue weighted by Gasteiger charge is 2.25. The van der Waals surface area contributed by atoms with E-state index >= 15 is 0 Å². The Morgan fingerprint density at radius 2 is 2.29 bits per heavy atom. The lowest BCUT2D eigenvalue weighted by Crippen LogP contribution is -2.26. The van der Waals surface area contributed by atoms with E-state index in [9.17, 15) is 4.79 Å². The monoisotopic (exact) mass is 325 g/mol. The Balaban J connectivity index is 1.76. The molecule has 0 radical (unpaired) electrons. The van der Waals surface area contributed by atoms with Crippen LogP contribution in [-0.4, -0.2) is 39.4 Å². The highest BCUT2D eigenvalue weighted by Crippen LogP contribution is 2.30. The fourth-order valence-electron chi connectivity index (χ4n) is 2.08. The Labute approximate surface area is 129 Å². The van der Waals surface area contributed by atoms with Crippen LogP contribution in [0.3, 0.4) is 0 Å². The summed E-state index contributed by atoms with van der Waals surface area (Å²) in [7, 11) is 0. The van der Waals surface area contributed by atoms with E-state index < -0.39 is 0 Å². The number of anilines is 3. The van der Waals surface area contributed by atoms with E-state index in [-0.39, 0.29) is 17.8 Å². The molecule has 0 saturated carbocycles. The molecule has 2 aromatic heterocycles. The number of amides is 1. The van der Waals surface area contributed by atoms with Crippen LogP contribution in [0.2, 0.25) is 0 Å². The number of hydrogen-bond acceptors (Lipinski definition) is 9. The number of nitrogens with two attached hydrogens (primary N) is 2. The zero-order chi connectivity index (χ0) is 15.0. The van der Waals surface area contributed by atoms with Crippen molar-refractivity contribution < 1.29 is 4.79 Å². The van der Waals surface area contributed by atoms with Crippen LogP contribution >= 0.6 is 22.9 Å². The van der Waals surface area contributed by atoms with E-state index in [0.717, 1.165) is 36.2 Å². The number of hydrogen-bond donors (Lipinski definition) is 3. The molecule has 3 rings (SSSR count). The summed E-state index contributed by atoms with van der Waals surface area (Å²) in [5, 5.41) is 3.87. The molecule has 0 bridgehead atoms. The minimum absolute atomic E-state index is 0.150. The summed E-state index contributed by atoms with van der Waals surface area (Å²) in [6, 6.07) is 0.150. The maximum atomic E-state index is 12.2. The number of thiazole rings is 1. The van der Waals surface area contributed by atoms with Crippen LogP contribution in [0, 0.1) is 6.92 Å². The summed E-state index contributed by atoms with van der Waals surface area (Å²) in [6.45, 7) is 3.34. The molecular formula is C11H15N7OS2. The number of nitrogens with one attached hydrogen (secondary N) is 1. The predicted molar refractivity (Wildman–Crippen MR) is 83.9 cm³/mol. The lowest BCUT2D eigenvalue weighted by atomic mass is 10.3. The molecule has 1 saturated heterocycles. The van der Waals surface area contributed by atoms with E-state index in [1.165, 1.54) is 11.3 Å². The Hall–Kier alpha value is -1.78. The molecule has 2 aromatic rings. The zero-order valence-corrected chi connectivity index (χ0v) is 13.0. The third kappa shape index (κ3) is 2.96. The van der Waals surface area contributed by atoms with Crippen molar-refractivity contribution in [3.63, 3.8) is 0 Å². The van der Waals surface area contributed by atoms with Crippen molar-refractivity contribution in [3.05, 3.63) is 10.7 Å². The second-order valence-corrected chi connectivity index (χ2v) is 6.54. The average Bonchev–Trinajstić information content (AvgIpc) is 3.11. The van der Waals surface area contributed by atoms with Gasteiger partial charge in [0.05, 0.1) is 0 Å². The Morgan fingerprint density at radius 3 is 2.90 bits per heavy atom. The fraction of sp³-hybridized carbons (Fsp3) is 0.455. The first kappa shape index (κ1) is 14.2. The van der Waals surface area contributed by atoms with Crippen molar-refractivity contribution >= 4 is 44.9 Å². The molecule has 0 aromatic carbocycles. The summed E-state index contributed by atoms with van der Waals surface area (Å²) in [5.74, 6) is 0.546. The molecule has 0 aliphatic carbocycles. The molecule has 1 aliphatic rings. The number of carbonyl (C=O) groups excluding carboxylic acids is 1. The molecule has 1 unspecified atom stereocenters. The third-order valence-electron chi connectivity index (χ3n) is 3.09. The molecule has 10 heteroatoms. The van der Waals surface area contributed by atoms with E-state index in [0.29, 0.717) is 15.8 Å². The number of carbonyl (C=O) groups is 1. The van der Waals surface area contributed by atoms with Gasteiger partial charge in [0.2, 0.25) is 5.13 Å². The quantitative estimate of drug-likeness (QED) is 0.758. The van der Waals surface area contributed by atoms with Gasteiger partial charge in [0.25, 0.3) is 5.91 Å². The Kier molecular flexibility index (Phi) is 3.74. The number of nitrogens with zero attached hydrogens (tertiary/aromatic N) is 4. The highest BCUT2D eigenvalue weighted by atomic mass is 32.1. The first-order chi connectivity index (χ1) is 10.0. The number of rotatable bonds is 3.